The topological polar surface area (TPSA) is 59.6 Å². The van der Waals surface area contributed by atoms with E-state index in [9.17, 15) is 4.79 Å². The van der Waals surface area contributed by atoms with Crippen molar-refractivity contribution in [2.75, 3.05) is 13.7 Å². The standard InChI is InChI=1S/C20H32N2O3/c1-5-16(12-14(3)21-20(23)25-6-2)22-17-11-10-15-8-7-9-19(24-4)18(15)13-17/h7-9,14,16-17,22H,5-6,10-13H2,1-4H3,(H,21,23). The van der Waals surface area contributed by atoms with Gasteiger partial charge in [0.15, 0.2) is 0 Å². The van der Waals surface area contributed by atoms with Gasteiger partial charge in [0, 0.05) is 18.1 Å². The first-order valence-electron chi connectivity index (χ1n) is 9.41. The summed E-state index contributed by atoms with van der Waals surface area (Å²) in [5, 5.41) is 6.68. The van der Waals surface area contributed by atoms with Gasteiger partial charge in [-0.15, -0.1) is 0 Å². The number of benzene rings is 1. The zero-order chi connectivity index (χ0) is 18.2. The van der Waals surface area contributed by atoms with E-state index >= 15 is 0 Å². The molecule has 1 aromatic rings. The Morgan fingerprint density at radius 2 is 2.16 bits per heavy atom. The molecule has 0 heterocycles. The van der Waals surface area contributed by atoms with Crippen LogP contribution >= 0.6 is 0 Å². The predicted octanol–water partition coefficient (Wildman–Crippen LogP) is 3.45. The summed E-state index contributed by atoms with van der Waals surface area (Å²) >= 11 is 0. The highest BCUT2D eigenvalue weighted by atomic mass is 16.5. The van der Waals surface area contributed by atoms with Gasteiger partial charge in [0.05, 0.1) is 13.7 Å². The van der Waals surface area contributed by atoms with Crippen LogP contribution in [0.3, 0.4) is 0 Å². The van der Waals surface area contributed by atoms with Crippen LogP contribution in [0, 0.1) is 0 Å². The van der Waals surface area contributed by atoms with Crippen molar-refractivity contribution in [3.05, 3.63) is 29.3 Å². The second kappa shape index (κ2) is 9.66. The van der Waals surface area contributed by atoms with Gasteiger partial charge in [0.1, 0.15) is 5.75 Å². The number of carbonyl (C=O) groups excluding carboxylic acids is 1. The summed E-state index contributed by atoms with van der Waals surface area (Å²) in [4.78, 5) is 11.6. The van der Waals surface area contributed by atoms with Crippen molar-refractivity contribution in [2.45, 2.75) is 71.0 Å². The molecule has 0 bridgehead atoms. The number of methoxy groups -OCH3 is 1. The van der Waals surface area contributed by atoms with E-state index in [0.29, 0.717) is 18.7 Å². The minimum absolute atomic E-state index is 0.0851. The SMILES string of the molecule is CCOC(=O)NC(C)CC(CC)NC1CCc2cccc(OC)c2C1. The number of rotatable bonds is 8. The molecule has 0 saturated heterocycles. The fourth-order valence-corrected chi connectivity index (χ4v) is 3.63. The number of hydrogen-bond donors (Lipinski definition) is 2. The third-order valence-corrected chi connectivity index (χ3v) is 4.90. The number of nitrogens with one attached hydrogen (secondary N) is 2. The van der Waals surface area contributed by atoms with Crippen molar-refractivity contribution in [1.82, 2.24) is 10.6 Å². The van der Waals surface area contributed by atoms with E-state index in [2.05, 4.69) is 29.7 Å². The van der Waals surface area contributed by atoms with E-state index in [1.165, 1.54) is 11.1 Å². The first kappa shape index (κ1) is 19.6. The van der Waals surface area contributed by atoms with Crippen LogP contribution in [0.4, 0.5) is 4.79 Å². The fraction of sp³-hybridized carbons (Fsp3) is 0.650. The molecule has 25 heavy (non-hydrogen) atoms. The molecule has 0 fully saturated rings. The van der Waals surface area contributed by atoms with Crippen molar-refractivity contribution in [1.29, 1.82) is 0 Å². The molecule has 1 aliphatic carbocycles. The van der Waals surface area contributed by atoms with Gasteiger partial charge in [-0.1, -0.05) is 19.1 Å². The van der Waals surface area contributed by atoms with Crippen molar-refractivity contribution in [2.24, 2.45) is 0 Å². The molecule has 0 aromatic heterocycles. The lowest BCUT2D eigenvalue weighted by Crippen LogP contribution is -2.45. The largest absolute Gasteiger partial charge is 0.496 e. The fourth-order valence-electron chi connectivity index (χ4n) is 3.63. The van der Waals surface area contributed by atoms with Gasteiger partial charge >= 0.3 is 6.09 Å². The molecule has 3 atom stereocenters. The molecule has 0 aliphatic heterocycles. The van der Waals surface area contributed by atoms with Crippen molar-refractivity contribution >= 4 is 6.09 Å². The molecule has 5 heteroatoms. The van der Waals surface area contributed by atoms with Crippen molar-refractivity contribution in [3.63, 3.8) is 0 Å². The summed E-state index contributed by atoms with van der Waals surface area (Å²) in [6.07, 6.45) is 4.80. The van der Waals surface area contributed by atoms with Crippen LogP contribution < -0.4 is 15.4 Å². The summed E-state index contributed by atoms with van der Waals surface area (Å²) in [5.74, 6) is 0.995. The molecule has 140 valence electrons. The zero-order valence-corrected chi connectivity index (χ0v) is 15.9. The zero-order valence-electron chi connectivity index (χ0n) is 15.9. The van der Waals surface area contributed by atoms with Crippen molar-refractivity contribution in [3.8, 4) is 5.75 Å². The van der Waals surface area contributed by atoms with E-state index in [1.807, 2.05) is 19.9 Å². The Morgan fingerprint density at radius 3 is 2.84 bits per heavy atom. The monoisotopic (exact) mass is 348 g/mol. The number of carbonyl (C=O) groups is 1. The number of amides is 1. The van der Waals surface area contributed by atoms with Crippen LogP contribution in [0.15, 0.2) is 18.2 Å². The molecule has 1 amide bonds. The number of fused-ring (bicyclic) bond motifs is 1. The molecular formula is C20H32N2O3. The highest BCUT2D eigenvalue weighted by Crippen LogP contribution is 2.29. The maximum Gasteiger partial charge on any atom is 0.407 e. The smallest absolute Gasteiger partial charge is 0.407 e. The summed E-state index contributed by atoms with van der Waals surface area (Å²) < 4.78 is 10.5. The molecule has 1 aliphatic rings. The molecular weight excluding hydrogens is 316 g/mol. The molecule has 2 N–H and O–H groups in total. The third-order valence-electron chi connectivity index (χ3n) is 4.90. The van der Waals surface area contributed by atoms with Crippen LogP contribution in [0.25, 0.3) is 0 Å². The number of ether oxygens (including phenoxy) is 2. The maximum atomic E-state index is 11.6. The number of hydrogen-bond acceptors (Lipinski definition) is 4. The Hall–Kier alpha value is -1.75. The molecule has 0 saturated carbocycles. The van der Waals surface area contributed by atoms with Crippen LogP contribution in [-0.4, -0.2) is 37.9 Å². The Labute approximate surface area is 151 Å². The van der Waals surface area contributed by atoms with Gasteiger partial charge in [-0.05, 0) is 63.1 Å². The van der Waals surface area contributed by atoms with Gasteiger partial charge in [-0.2, -0.15) is 0 Å². The second-order valence-electron chi connectivity index (χ2n) is 6.81. The van der Waals surface area contributed by atoms with Crippen LogP contribution in [-0.2, 0) is 17.6 Å². The lowest BCUT2D eigenvalue weighted by Gasteiger charge is -2.31. The van der Waals surface area contributed by atoms with E-state index in [4.69, 9.17) is 9.47 Å². The minimum Gasteiger partial charge on any atom is -0.496 e. The van der Waals surface area contributed by atoms with E-state index in [1.54, 1.807) is 7.11 Å². The Kier molecular flexibility index (Phi) is 7.56. The Bertz CT molecular complexity index is 548. The molecule has 1 aromatic carbocycles. The molecule has 5 nitrogen and oxygen atoms in total. The average molecular weight is 348 g/mol. The second-order valence-corrected chi connectivity index (χ2v) is 6.81. The first-order chi connectivity index (χ1) is 12.1. The minimum atomic E-state index is -0.332. The highest BCUT2D eigenvalue weighted by Gasteiger charge is 2.24. The highest BCUT2D eigenvalue weighted by molar-refractivity contribution is 5.67. The third kappa shape index (κ3) is 5.63. The van der Waals surface area contributed by atoms with Crippen LogP contribution in [0.5, 0.6) is 5.75 Å². The summed E-state index contributed by atoms with van der Waals surface area (Å²) in [6, 6.07) is 7.23. The normalized spacial score (nSPS) is 18.8. The van der Waals surface area contributed by atoms with Crippen LogP contribution in [0.2, 0.25) is 0 Å². The van der Waals surface area contributed by atoms with Gasteiger partial charge < -0.3 is 20.1 Å². The molecule has 0 spiro atoms. The lowest BCUT2D eigenvalue weighted by molar-refractivity contribution is 0.147. The Balaban J connectivity index is 1.90. The van der Waals surface area contributed by atoms with Crippen LogP contribution in [0.1, 0.15) is 51.2 Å². The van der Waals surface area contributed by atoms with Gasteiger partial charge in [-0.3, -0.25) is 0 Å². The maximum absolute atomic E-state index is 11.6. The predicted molar refractivity (Wildman–Crippen MR) is 100 cm³/mol. The summed E-state index contributed by atoms with van der Waals surface area (Å²) in [7, 11) is 1.74. The number of aryl methyl sites for hydroxylation is 1. The van der Waals surface area contributed by atoms with Gasteiger partial charge in [-0.25, -0.2) is 4.79 Å². The lowest BCUT2D eigenvalue weighted by atomic mass is 9.87. The van der Waals surface area contributed by atoms with Crippen molar-refractivity contribution < 1.29 is 14.3 Å². The molecule has 0 radical (unpaired) electrons. The number of alkyl carbamates (subject to hydrolysis) is 1. The van der Waals surface area contributed by atoms with Gasteiger partial charge in [0.25, 0.3) is 0 Å². The Morgan fingerprint density at radius 1 is 1.36 bits per heavy atom. The average Bonchev–Trinajstić information content (AvgIpc) is 2.60. The van der Waals surface area contributed by atoms with E-state index in [-0.39, 0.29) is 12.1 Å². The molecule has 3 unspecified atom stereocenters. The summed E-state index contributed by atoms with van der Waals surface area (Å²) in [6.45, 7) is 6.43. The van der Waals surface area contributed by atoms with E-state index < -0.39 is 0 Å². The molecule has 2 rings (SSSR count). The quantitative estimate of drug-likeness (QED) is 0.755. The van der Waals surface area contributed by atoms with Gasteiger partial charge in [0.2, 0.25) is 0 Å². The first-order valence-corrected chi connectivity index (χ1v) is 9.41. The van der Waals surface area contributed by atoms with E-state index in [0.717, 1.165) is 37.9 Å². The summed E-state index contributed by atoms with van der Waals surface area (Å²) in [5.41, 5.74) is 2.74.